The van der Waals surface area contributed by atoms with Gasteiger partial charge in [0.25, 0.3) is 0 Å². The minimum atomic E-state index is 0.587. The molecule has 3 aromatic heterocycles. The first-order chi connectivity index (χ1) is 27.8. The van der Waals surface area contributed by atoms with Crippen molar-refractivity contribution in [1.29, 1.82) is 0 Å². The van der Waals surface area contributed by atoms with E-state index in [9.17, 15) is 0 Å². The number of aromatic nitrogens is 4. The van der Waals surface area contributed by atoms with E-state index in [0.29, 0.717) is 17.5 Å². The van der Waals surface area contributed by atoms with E-state index in [1.165, 1.54) is 32.3 Å². The highest BCUT2D eigenvalue weighted by molar-refractivity contribution is 6.28. The van der Waals surface area contributed by atoms with Crippen molar-refractivity contribution in [2.24, 2.45) is 0 Å². The summed E-state index contributed by atoms with van der Waals surface area (Å²) in [5.41, 5.74) is 7.59. The van der Waals surface area contributed by atoms with Gasteiger partial charge in [0.05, 0.1) is 16.7 Å². The largest absolute Gasteiger partial charge is 0.456 e. The molecule has 0 aliphatic rings. The van der Waals surface area contributed by atoms with Crippen molar-refractivity contribution >= 4 is 76.1 Å². The van der Waals surface area contributed by atoms with Crippen LogP contribution in [0.1, 0.15) is 0 Å². The molecule has 260 valence electrons. The molecule has 5 heteroatoms. The molecule has 0 saturated carbocycles. The zero-order valence-corrected chi connectivity index (χ0v) is 30.0. The average molecular weight is 715 g/mol. The predicted molar refractivity (Wildman–Crippen MR) is 230 cm³/mol. The number of furan rings is 1. The molecule has 0 N–H and O–H groups in total. The van der Waals surface area contributed by atoms with Crippen LogP contribution in [0.2, 0.25) is 0 Å². The highest BCUT2D eigenvalue weighted by atomic mass is 16.3. The molecule has 0 aliphatic carbocycles. The number of benzene rings is 9. The summed E-state index contributed by atoms with van der Waals surface area (Å²) in [6.45, 7) is 0. The second kappa shape index (κ2) is 11.9. The van der Waals surface area contributed by atoms with Gasteiger partial charge in [-0.2, -0.15) is 0 Å². The van der Waals surface area contributed by atoms with Crippen LogP contribution in [-0.4, -0.2) is 19.5 Å². The third-order valence-corrected chi connectivity index (χ3v) is 11.2. The third-order valence-electron chi connectivity index (χ3n) is 11.2. The highest BCUT2D eigenvalue weighted by Gasteiger charge is 2.22. The molecule has 0 bridgehead atoms. The molecule has 12 aromatic rings. The smallest absolute Gasteiger partial charge is 0.166 e. The van der Waals surface area contributed by atoms with Gasteiger partial charge in [-0.3, -0.25) is 0 Å². The fourth-order valence-electron chi connectivity index (χ4n) is 8.70. The maximum absolute atomic E-state index is 6.33. The SMILES string of the molecule is c1ccc(-n2c3ccc4ccccc4c3c3c4ccccc4ccc32)c(-c2nc(-c3ccc4ccccc4c3)nc(-c3cccc4oc5ccccc5c34)n2)c1. The van der Waals surface area contributed by atoms with E-state index in [1.807, 2.05) is 30.3 Å². The topological polar surface area (TPSA) is 56.7 Å². The molecule has 0 atom stereocenters. The van der Waals surface area contributed by atoms with Crippen molar-refractivity contribution in [3.8, 4) is 39.9 Å². The summed E-state index contributed by atoms with van der Waals surface area (Å²) in [6, 6.07) is 63.9. The molecule has 0 fully saturated rings. The molecule has 0 radical (unpaired) electrons. The van der Waals surface area contributed by atoms with Gasteiger partial charge >= 0.3 is 0 Å². The number of fused-ring (bicyclic) bond motifs is 11. The second-order valence-corrected chi connectivity index (χ2v) is 14.4. The van der Waals surface area contributed by atoms with Gasteiger partial charge in [-0.1, -0.05) is 140 Å². The molecule has 0 unspecified atom stereocenters. The minimum absolute atomic E-state index is 0.587. The van der Waals surface area contributed by atoms with Gasteiger partial charge in [-0.05, 0) is 74.8 Å². The molecular weight excluding hydrogens is 685 g/mol. The van der Waals surface area contributed by atoms with E-state index in [4.69, 9.17) is 19.4 Å². The van der Waals surface area contributed by atoms with Gasteiger partial charge in [-0.25, -0.2) is 15.0 Å². The fourth-order valence-corrected chi connectivity index (χ4v) is 8.70. The Hall–Kier alpha value is -7.63. The zero-order chi connectivity index (χ0) is 36.7. The Balaban J connectivity index is 1.17. The van der Waals surface area contributed by atoms with Gasteiger partial charge in [0.15, 0.2) is 17.5 Å². The summed E-state index contributed by atoms with van der Waals surface area (Å²) in [7, 11) is 0. The van der Waals surface area contributed by atoms with Crippen LogP contribution in [0.4, 0.5) is 0 Å². The van der Waals surface area contributed by atoms with E-state index in [-0.39, 0.29) is 0 Å². The Kier molecular flexibility index (Phi) is 6.56. The fraction of sp³-hybridized carbons (Fsp3) is 0. The molecule has 9 aromatic carbocycles. The van der Waals surface area contributed by atoms with Crippen molar-refractivity contribution in [3.05, 3.63) is 182 Å². The van der Waals surface area contributed by atoms with Gasteiger partial charge in [0.1, 0.15) is 11.2 Å². The van der Waals surface area contributed by atoms with Crippen molar-refractivity contribution in [2.45, 2.75) is 0 Å². The number of nitrogens with zero attached hydrogens (tertiary/aromatic N) is 4. The standard InChI is InChI=1S/C51H30N4O/c1-2-15-34-30-35(25-24-31(34)12-1)49-52-50(54-51(53-49)40-20-11-23-45-46(40)39-19-8-10-22-44(39)56-45)38-18-7-9-21-41(38)55-42-28-26-32-13-3-5-16-36(32)47(42)48-37-17-6-4-14-33(37)27-29-43(48)55/h1-30H. The van der Waals surface area contributed by atoms with Gasteiger partial charge in [0.2, 0.25) is 0 Å². The normalized spacial score (nSPS) is 11.9. The van der Waals surface area contributed by atoms with E-state index in [1.54, 1.807) is 0 Å². The van der Waals surface area contributed by atoms with Crippen LogP contribution in [0.25, 0.3) is 116 Å². The predicted octanol–water partition coefficient (Wildman–Crippen LogP) is 13.3. The summed E-state index contributed by atoms with van der Waals surface area (Å²) < 4.78 is 8.72. The zero-order valence-electron chi connectivity index (χ0n) is 30.0. The maximum atomic E-state index is 6.33. The maximum Gasteiger partial charge on any atom is 0.166 e. The van der Waals surface area contributed by atoms with Crippen LogP contribution in [0.15, 0.2) is 186 Å². The molecule has 56 heavy (non-hydrogen) atoms. The van der Waals surface area contributed by atoms with Crippen LogP contribution in [0, 0.1) is 0 Å². The quantitative estimate of drug-likeness (QED) is 0.182. The van der Waals surface area contributed by atoms with Gasteiger partial charge < -0.3 is 8.98 Å². The van der Waals surface area contributed by atoms with Crippen LogP contribution < -0.4 is 0 Å². The monoisotopic (exact) mass is 714 g/mol. The second-order valence-electron chi connectivity index (χ2n) is 14.4. The lowest BCUT2D eigenvalue weighted by molar-refractivity contribution is 0.669. The summed E-state index contributed by atoms with van der Waals surface area (Å²) in [6.07, 6.45) is 0. The Bertz CT molecular complexity index is 3470. The number of para-hydroxylation sites is 2. The van der Waals surface area contributed by atoms with Crippen molar-refractivity contribution in [2.75, 3.05) is 0 Å². The minimum Gasteiger partial charge on any atom is -0.456 e. The summed E-state index contributed by atoms with van der Waals surface area (Å²) >= 11 is 0. The number of hydrogen-bond donors (Lipinski definition) is 0. The molecule has 0 amide bonds. The van der Waals surface area contributed by atoms with Crippen molar-refractivity contribution in [3.63, 3.8) is 0 Å². The van der Waals surface area contributed by atoms with Crippen LogP contribution in [-0.2, 0) is 0 Å². The van der Waals surface area contributed by atoms with Gasteiger partial charge in [-0.15, -0.1) is 0 Å². The first-order valence-electron chi connectivity index (χ1n) is 18.9. The van der Waals surface area contributed by atoms with E-state index in [2.05, 4.69) is 156 Å². The Morgan fingerprint density at radius 2 is 0.893 bits per heavy atom. The Labute approximate surface area is 320 Å². The van der Waals surface area contributed by atoms with Crippen LogP contribution >= 0.6 is 0 Å². The van der Waals surface area contributed by atoms with Crippen molar-refractivity contribution < 1.29 is 4.42 Å². The first-order valence-corrected chi connectivity index (χ1v) is 18.9. The first kappa shape index (κ1) is 30.8. The lowest BCUT2D eigenvalue weighted by Crippen LogP contribution is -2.03. The number of rotatable bonds is 4. The lowest BCUT2D eigenvalue weighted by atomic mass is 10.00. The average Bonchev–Trinajstić information content (AvgIpc) is 3.82. The molecule has 0 saturated heterocycles. The summed E-state index contributed by atoms with van der Waals surface area (Å²) in [4.78, 5) is 15.9. The Morgan fingerprint density at radius 3 is 1.64 bits per heavy atom. The van der Waals surface area contributed by atoms with Gasteiger partial charge in [0, 0.05) is 38.2 Å². The lowest BCUT2D eigenvalue weighted by Gasteiger charge is -2.15. The summed E-state index contributed by atoms with van der Waals surface area (Å²) in [5, 5.41) is 11.6. The van der Waals surface area contributed by atoms with E-state index in [0.717, 1.165) is 66.1 Å². The van der Waals surface area contributed by atoms with Crippen molar-refractivity contribution in [1.82, 2.24) is 19.5 Å². The molecule has 3 heterocycles. The van der Waals surface area contributed by atoms with Crippen LogP contribution in [0.5, 0.6) is 0 Å². The molecule has 5 nitrogen and oxygen atoms in total. The summed E-state index contributed by atoms with van der Waals surface area (Å²) in [5.74, 6) is 1.79. The van der Waals surface area contributed by atoms with Crippen LogP contribution in [0.3, 0.4) is 0 Å². The molecule has 0 spiro atoms. The highest BCUT2D eigenvalue weighted by Crippen LogP contribution is 2.43. The van der Waals surface area contributed by atoms with E-state index >= 15 is 0 Å². The third kappa shape index (κ3) is 4.58. The van der Waals surface area contributed by atoms with E-state index < -0.39 is 0 Å². The molecule has 12 rings (SSSR count). The Morgan fingerprint density at radius 1 is 0.357 bits per heavy atom. The molecular formula is C51H30N4O. The number of hydrogen-bond acceptors (Lipinski definition) is 4. The molecule has 0 aliphatic heterocycles.